The summed E-state index contributed by atoms with van der Waals surface area (Å²) in [5.41, 5.74) is 0.337. The van der Waals surface area contributed by atoms with Gasteiger partial charge in [-0.2, -0.15) is 0 Å². The summed E-state index contributed by atoms with van der Waals surface area (Å²) in [7, 11) is -1.18. The smallest absolute Gasteiger partial charge is 0.264 e. The highest BCUT2D eigenvalue weighted by atomic mass is 35.5. The van der Waals surface area contributed by atoms with E-state index in [4.69, 9.17) is 21.1 Å². The number of nitrogens with one attached hydrogen (secondary N) is 1. The minimum absolute atomic E-state index is 0.0152. The molecule has 8 nitrogen and oxygen atoms in total. The fraction of sp³-hybridized carbons (Fsp3) is 0.500. The van der Waals surface area contributed by atoms with Gasteiger partial charge in [-0.15, -0.1) is 0 Å². The Morgan fingerprint density at radius 1 is 1.11 bits per heavy atom. The molecule has 3 rings (SSSR count). The molecule has 1 amide bonds. The molecule has 0 aliphatic carbocycles. The van der Waals surface area contributed by atoms with Gasteiger partial charge in [0.15, 0.2) is 11.5 Å². The molecule has 36 heavy (non-hydrogen) atoms. The van der Waals surface area contributed by atoms with E-state index < -0.39 is 10.0 Å². The van der Waals surface area contributed by atoms with Crippen LogP contribution in [-0.2, 0) is 14.8 Å². The topological polar surface area (TPSA) is 88.2 Å². The van der Waals surface area contributed by atoms with Crippen LogP contribution in [0.1, 0.15) is 39.0 Å². The first kappa shape index (κ1) is 28.1. The van der Waals surface area contributed by atoms with E-state index >= 15 is 0 Å². The number of halogens is 1. The van der Waals surface area contributed by atoms with E-state index in [1.54, 1.807) is 24.3 Å². The molecule has 1 heterocycles. The lowest BCUT2D eigenvalue weighted by atomic mass is 10.00. The van der Waals surface area contributed by atoms with Gasteiger partial charge in [0, 0.05) is 30.2 Å². The van der Waals surface area contributed by atoms with Crippen LogP contribution in [0.4, 0.5) is 5.69 Å². The molecular weight excluding hydrogens is 502 g/mol. The molecule has 1 atom stereocenters. The summed E-state index contributed by atoms with van der Waals surface area (Å²) in [6.07, 6.45) is 5.67. The summed E-state index contributed by atoms with van der Waals surface area (Å²) in [5, 5.41) is 3.36. The molecule has 1 unspecified atom stereocenters. The Hall–Kier alpha value is -2.49. The molecule has 0 saturated carbocycles. The zero-order valence-corrected chi connectivity index (χ0v) is 22.8. The van der Waals surface area contributed by atoms with Gasteiger partial charge in [0.25, 0.3) is 10.0 Å². The second-order valence-corrected chi connectivity index (χ2v) is 11.1. The molecule has 2 aromatic carbocycles. The number of amides is 1. The van der Waals surface area contributed by atoms with Crippen molar-refractivity contribution in [2.45, 2.75) is 50.0 Å². The Bertz CT molecular complexity index is 1110. The number of carbonyl (C=O) groups is 1. The maximum atomic E-state index is 13.6. The monoisotopic (exact) mass is 537 g/mol. The van der Waals surface area contributed by atoms with E-state index in [-0.39, 0.29) is 23.1 Å². The van der Waals surface area contributed by atoms with Crippen LogP contribution in [-0.4, -0.2) is 65.7 Å². The summed E-state index contributed by atoms with van der Waals surface area (Å²) >= 11 is 6.01. The molecular formula is C26H36ClN3O5S. The predicted molar refractivity (Wildman–Crippen MR) is 143 cm³/mol. The Morgan fingerprint density at radius 3 is 2.50 bits per heavy atom. The minimum Gasteiger partial charge on any atom is -0.493 e. The quantitative estimate of drug-likeness (QED) is 0.406. The summed E-state index contributed by atoms with van der Waals surface area (Å²) in [5.74, 6) is 0.313. The average molecular weight is 538 g/mol. The third kappa shape index (κ3) is 7.05. The van der Waals surface area contributed by atoms with Gasteiger partial charge in [-0.3, -0.25) is 9.10 Å². The van der Waals surface area contributed by atoms with E-state index in [0.29, 0.717) is 29.0 Å². The van der Waals surface area contributed by atoms with Crippen LogP contribution in [0.25, 0.3) is 0 Å². The number of rotatable bonds is 12. The van der Waals surface area contributed by atoms with Crippen molar-refractivity contribution in [1.82, 2.24) is 10.2 Å². The van der Waals surface area contributed by atoms with E-state index in [2.05, 4.69) is 17.1 Å². The van der Waals surface area contributed by atoms with Crippen molar-refractivity contribution in [2.24, 2.45) is 0 Å². The molecule has 1 saturated heterocycles. The molecule has 1 N–H and O–H groups in total. The first-order valence-electron chi connectivity index (χ1n) is 12.3. The lowest BCUT2D eigenvalue weighted by molar-refractivity contribution is -0.119. The van der Waals surface area contributed by atoms with E-state index in [0.717, 1.165) is 30.2 Å². The Kier molecular flexibility index (Phi) is 10.3. The molecule has 1 aliphatic heterocycles. The standard InChI is InChI=1S/C26H36ClN3O5S/c1-4-21-8-5-6-16-29(21)17-7-15-28-26(31)19-30(22-11-9-20(27)10-12-22)36(32,33)23-13-14-24(34-2)25(18-23)35-3/h9-14,18,21H,4-8,15-17,19H2,1-3H3,(H,28,31). The van der Waals surface area contributed by atoms with Crippen LogP contribution in [0.3, 0.4) is 0 Å². The second-order valence-electron chi connectivity index (χ2n) is 8.80. The SMILES string of the molecule is CCC1CCCCN1CCCNC(=O)CN(c1ccc(Cl)cc1)S(=O)(=O)c1ccc(OC)c(OC)c1. The van der Waals surface area contributed by atoms with Crippen LogP contribution in [0.15, 0.2) is 47.4 Å². The molecule has 10 heteroatoms. The molecule has 2 aromatic rings. The van der Waals surface area contributed by atoms with Gasteiger partial charge >= 0.3 is 0 Å². The molecule has 198 valence electrons. The third-order valence-corrected chi connectivity index (χ3v) is 8.53. The maximum Gasteiger partial charge on any atom is 0.264 e. The highest BCUT2D eigenvalue weighted by Crippen LogP contribution is 2.32. The lowest BCUT2D eigenvalue weighted by Gasteiger charge is -2.35. The van der Waals surface area contributed by atoms with Crippen molar-refractivity contribution < 1.29 is 22.7 Å². The first-order chi connectivity index (χ1) is 17.3. The number of hydrogen-bond acceptors (Lipinski definition) is 6. The number of piperidine rings is 1. The highest BCUT2D eigenvalue weighted by Gasteiger charge is 2.28. The molecule has 0 radical (unpaired) electrons. The van der Waals surface area contributed by atoms with Crippen LogP contribution >= 0.6 is 11.6 Å². The second kappa shape index (κ2) is 13.2. The highest BCUT2D eigenvalue weighted by molar-refractivity contribution is 7.92. The number of sulfonamides is 1. The van der Waals surface area contributed by atoms with Gasteiger partial charge < -0.3 is 19.7 Å². The van der Waals surface area contributed by atoms with Crippen molar-refractivity contribution in [3.8, 4) is 11.5 Å². The number of methoxy groups -OCH3 is 2. The van der Waals surface area contributed by atoms with Gasteiger partial charge in [0.05, 0.1) is 24.8 Å². The van der Waals surface area contributed by atoms with Gasteiger partial charge in [0.1, 0.15) is 6.54 Å². The number of ether oxygens (including phenoxy) is 2. The van der Waals surface area contributed by atoms with Crippen LogP contribution in [0, 0.1) is 0 Å². The Morgan fingerprint density at radius 2 is 1.83 bits per heavy atom. The van der Waals surface area contributed by atoms with Crippen LogP contribution in [0.2, 0.25) is 5.02 Å². The maximum absolute atomic E-state index is 13.6. The summed E-state index contributed by atoms with van der Waals surface area (Å²) in [6, 6.07) is 11.3. The molecule has 0 bridgehead atoms. The van der Waals surface area contributed by atoms with Crippen LogP contribution < -0.4 is 19.1 Å². The van der Waals surface area contributed by atoms with Crippen LogP contribution in [0.5, 0.6) is 11.5 Å². The fourth-order valence-corrected chi connectivity index (χ4v) is 6.10. The molecule has 0 spiro atoms. The number of hydrogen-bond donors (Lipinski definition) is 1. The zero-order chi connectivity index (χ0) is 26.1. The van der Waals surface area contributed by atoms with Crippen molar-refractivity contribution in [1.29, 1.82) is 0 Å². The summed E-state index contributed by atoms with van der Waals surface area (Å²) in [4.78, 5) is 15.3. The van der Waals surface area contributed by atoms with E-state index in [9.17, 15) is 13.2 Å². The van der Waals surface area contributed by atoms with E-state index in [1.165, 1.54) is 51.7 Å². The summed E-state index contributed by atoms with van der Waals surface area (Å²) < 4.78 is 38.9. The fourth-order valence-electron chi connectivity index (χ4n) is 4.54. The largest absolute Gasteiger partial charge is 0.493 e. The average Bonchev–Trinajstić information content (AvgIpc) is 2.90. The number of anilines is 1. The van der Waals surface area contributed by atoms with Crippen molar-refractivity contribution in [2.75, 3.05) is 44.7 Å². The molecule has 1 aliphatic rings. The summed E-state index contributed by atoms with van der Waals surface area (Å²) in [6.45, 7) is 4.36. The van der Waals surface area contributed by atoms with Crippen molar-refractivity contribution >= 4 is 33.2 Å². The van der Waals surface area contributed by atoms with Crippen molar-refractivity contribution in [3.05, 3.63) is 47.5 Å². The Balaban J connectivity index is 1.72. The predicted octanol–water partition coefficient (Wildman–Crippen LogP) is 4.32. The van der Waals surface area contributed by atoms with Crippen molar-refractivity contribution in [3.63, 3.8) is 0 Å². The first-order valence-corrected chi connectivity index (χ1v) is 14.1. The third-order valence-electron chi connectivity index (χ3n) is 6.51. The minimum atomic E-state index is -4.09. The molecule has 0 aromatic heterocycles. The zero-order valence-electron chi connectivity index (χ0n) is 21.2. The molecule has 1 fully saturated rings. The number of likely N-dealkylation sites (tertiary alicyclic amines) is 1. The van der Waals surface area contributed by atoms with Gasteiger partial charge in [-0.25, -0.2) is 8.42 Å². The normalized spacial score (nSPS) is 16.4. The number of nitrogens with zero attached hydrogens (tertiary/aromatic N) is 2. The van der Waals surface area contributed by atoms with Gasteiger partial charge in [-0.05, 0) is 68.6 Å². The lowest BCUT2D eigenvalue weighted by Crippen LogP contribution is -2.43. The van der Waals surface area contributed by atoms with Gasteiger partial charge in [-0.1, -0.05) is 24.9 Å². The number of benzene rings is 2. The van der Waals surface area contributed by atoms with E-state index in [1.807, 2.05) is 0 Å². The Labute approximate surface area is 219 Å². The number of carbonyl (C=O) groups excluding carboxylic acids is 1. The van der Waals surface area contributed by atoms with Gasteiger partial charge in [0.2, 0.25) is 5.91 Å².